The number of benzene rings is 1. The zero-order valence-electron chi connectivity index (χ0n) is 19.4. The number of hydrogen-bond donors (Lipinski definition) is 1. The summed E-state index contributed by atoms with van der Waals surface area (Å²) in [6.45, 7) is 6.61. The van der Waals surface area contributed by atoms with Crippen molar-refractivity contribution in [1.82, 2.24) is 4.98 Å². The van der Waals surface area contributed by atoms with Gasteiger partial charge in [-0.3, -0.25) is 9.79 Å². The molecule has 170 valence electrons. The second-order valence-electron chi connectivity index (χ2n) is 8.72. The van der Waals surface area contributed by atoms with Gasteiger partial charge in [0.25, 0.3) is 0 Å². The Kier molecular flexibility index (Phi) is 6.59. The third-order valence-corrected chi connectivity index (χ3v) is 6.31. The molecule has 0 fully saturated rings. The molecule has 2 aromatic rings. The molecular weight excluding hydrogens is 412 g/mol. The first kappa shape index (κ1) is 22.7. The van der Waals surface area contributed by atoms with E-state index < -0.39 is 5.54 Å². The van der Waals surface area contributed by atoms with E-state index in [4.69, 9.17) is 9.73 Å². The molecule has 2 unspecified atom stereocenters. The molecule has 0 aliphatic heterocycles. The second-order valence-corrected chi connectivity index (χ2v) is 8.72. The summed E-state index contributed by atoms with van der Waals surface area (Å²) in [5.41, 5.74) is 5.49. The number of carbonyl (C=O) groups excluding carboxylic acids is 1. The number of allylic oxidation sites excluding steroid dienone is 3. The van der Waals surface area contributed by atoms with Crippen molar-refractivity contribution in [2.75, 3.05) is 6.61 Å². The van der Waals surface area contributed by atoms with Gasteiger partial charge in [-0.15, -0.1) is 0 Å². The molecule has 2 atom stereocenters. The minimum Gasteiger partial charge on any atom is -0.462 e. The zero-order valence-corrected chi connectivity index (χ0v) is 19.4. The number of aliphatic imine (C=N–C) groups is 1. The SMILES string of the molecule is CC=C1C2C=C(C)CC1(N=C/C=C/c1cccc(C(=O)OCCC)c1)c1ccc(=O)[nH]c1C2. The van der Waals surface area contributed by atoms with E-state index in [1.165, 1.54) is 11.1 Å². The molecule has 0 saturated carbocycles. The summed E-state index contributed by atoms with van der Waals surface area (Å²) in [5, 5.41) is 0. The van der Waals surface area contributed by atoms with Crippen LogP contribution in [0.25, 0.3) is 6.08 Å². The molecule has 1 heterocycles. The lowest BCUT2D eigenvalue weighted by Crippen LogP contribution is -2.40. The number of nitrogens with zero attached hydrogens (tertiary/aromatic N) is 1. The summed E-state index contributed by atoms with van der Waals surface area (Å²) in [6.07, 6.45) is 12.5. The standard InChI is InChI=1S/C28H30N2O3/c1-4-14-33-27(32)21-10-6-8-20(16-21)9-7-13-29-28-18-19(3)15-22(23(28)5-2)17-25-24(28)11-12-26(31)30-25/h5-13,15-16,22H,4,14,17-18H2,1-3H3,(H,30,31)/b9-7+,23-5?,29-13?. The van der Waals surface area contributed by atoms with E-state index >= 15 is 0 Å². The average molecular weight is 443 g/mol. The van der Waals surface area contributed by atoms with Gasteiger partial charge in [-0.1, -0.05) is 42.9 Å². The number of rotatable bonds is 6. The van der Waals surface area contributed by atoms with Gasteiger partial charge >= 0.3 is 5.97 Å². The summed E-state index contributed by atoms with van der Waals surface area (Å²) in [5.74, 6) is -0.0676. The van der Waals surface area contributed by atoms with E-state index in [2.05, 4.69) is 31.0 Å². The largest absolute Gasteiger partial charge is 0.462 e. The van der Waals surface area contributed by atoms with Crippen LogP contribution in [0.5, 0.6) is 0 Å². The van der Waals surface area contributed by atoms with Gasteiger partial charge in [0.2, 0.25) is 5.56 Å². The maximum Gasteiger partial charge on any atom is 0.338 e. The first-order valence-electron chi connectivity index (χ1n) is 11.5. The highest BCUT2D eigenvalue weighted by atomic mass is 16.5. The van der Waals surface area contributed by atoms with Crippen molar-refractivity contribution in [3.8, 4) is 0 Å². The third kappa shape index (κ3) is 4.54. The molecule has 2 aliphatic rings. The number of ether oxygens (including phenoxy) is 1. The number of esters is 1. The molecule has 2 bridgehead atoms. The van der Waals surface area contributed by atoms with Crippen LogP contribution in [0.4, 0.5) is 0 Å². The van der Waals surface area contributed by atoms with Gasteiger partial charge in [0.1, 0.15) is 5.54 Å². The van der Waals surface area contributed by atoms with Gasteiger partial charge in [-0.25, -0.2) is 4.79 Å². The fraction of sp³-hybridized carbons (Fsp3) is 0.321. The Morgan fingerprint density at radius 3 is 2.94 bits per heavy atom. The molecule has 4 rings (SSSR count). The number of aromatic nitrogens is 1. The minimum absolute atomic E-state index is 0.0761. The number of carbonyl (C=O) groups is 1. The monoisotopic (exact) mass is 442 g/mol. The summed E-state index contributed by atoms with van der Waals surface area (Å²) in [7, 11) is 0. The lowest BCUT2D eigenvalue weighted by Gasteiger charge is -2.45. The maximum absolute atomic E-state index is 12.1. The number of pyridine rings is 1. The van der Waals surface area contributed by atoms with Crippen LogP contribution < -0.4 is 5.56 Å². The molecule has 1 aromatic carbocycles. The second kappa shape index (κ2) is 9.57. The normalized spacial score (nSPS) is 23.1. The highest BCUT2D eigenvalue weighted by molar-refractivity contribution is 5.90. The highest BCUT2D eigenvalue weighted by Gasteiger charge is 2.46. The van der Waals surface area contributed by atoms with Gasteiger partial charge in [0.15, 0.2) is 0 Å². The summed E-state index contributed by atoms with van der Waals surface area (Å²) in [6, 6.07) is 10.9. The lowest BCUT2D eigenvalue weighted by molar-refractivity contribution is 0.0505. The van der Waals surface area contributed by atoms with Crippen molar-refractivity contribution in [3.05, 3.63) is 98.5 Å². The number of aromatic amines is 1. The first-order chi connectivity index (χ1) is 16.0. The van der Waals surface area contributed by atoms with Crippen LogP contribution in [0.3, 0.4) is 0 Å². The van der Waals surface area contributed by atoms with Gasteiger partial charge in [-0.05, 0) is 62.1 Å². The quantitative estimate of drug-likeness (QED) is 0.370. The maximum atomic E-state index is 12.1. The number of H-pyrrole nitrogens is 1. The summed E-state index contributed by atoms with van der Waals surface area (Å²) < 4.78 is 5.23. The Hall–Kier alpha value is -3.47. The van der Waals surface area contributed by atoms with Crippen LogP contribution in [0.2, 0.25) is 0 Å². The number of fused-ring (bicyclic) bond motifs is 4. The van der Waals surface area contributed by atoms with Crippen molar-refractivity contribution in [3.63, 3.8) is 0 Å². The van der Waals surface area contributed by atoms with E-state index in [1.807, 2.05) is 49.6 Å². The fourth-order valence-corrected chi connectivity index (χ4v) is 5.02. The smallest absolute Gasteiger partial charge is 0.338 e. The Morgan fingerprint density at radius 1 is 1.30 bits per heavy atom. The zero-order chi connectivity index (χ0) is 23.4. The van der Waals surface area contributed by atoms with Gasteiger partial charge in [-0.2, -0.15) is 0 Å². The molecule has 5 heteroatoms. The minimum atomic E-state index is -0.508. The predicted molar refractivity (Wildman–Crippen MR) is 133 cm³/mol. The number of nitrogens with one attached hydrogen (secondary N) is 1. The van der Waals surface area contributed by atoms with Crippen LogP contribution in [0.15, 0.2) is 75.6 Å². The highest BCUT2D eigenvalue weighted by Crippen LogP contribution is 2.51. The first-order valence-corrected chi connectivity index (χ1v) is 11.5. The van der Waals surface area contributed by atoms with Crippen molar-refractivity contribution in [2.45, 2.75) is 45.6 Å². The van der Waals surface area contributed by atoms with E-state index in [9.17, 15) is 9.59 Å². The van der Waals surface area contributed by atoms with Crippen molar-refractivity contribution >= 4 is 18.3 Å². The fourth-order valence-electron chi connectivity index (χ4n) is 5.02. The molecule has 1 aromatic heterocycles. The Labute approximate surface area is 194 Å². The van der Waals surface area contributed by atoms with Crippen LogP contribution in [0.1, 0.15) is 60.8 Å². The molecule has 0 amide bonds. The van der Waals surface area contributed by atoms with Crippen LogP contribution in [-0.2, 0) is 16.7 Å². The molecular formula is C28H30N2O3. The van der Waals surface area contributed by atoms with Crippen LogP contribution >= 0.6 is 0 Å². The van der Waals surface area contributed by atoms with Gasteiger partial charge in [0.05, 0.1) is 12.2 Å². The Bertz CT molecular complexity index is 1230. The van der Waals surface area contributed by atoms with Crippen molar-refractivity contribution in [1.29, 1.82) is 0 Å². The van der Waals surface area contributed by atoms with Gasteiger partial charge < -0.3 is 9.72 Å². The van der Waals surface area contributed by atoms with Crippen molar-refractivity contribution < 1.29 is 9.53 Å². The van der Waals surface area contributed by atoms with Crippen LogP contribution in [-0.4, -0.2) is 23.8 Å². The topological polar surface area (TPSA) is 71.5 Å². The number of hydrogen-bond acceptors (Lipinski definition) is 4. The van der Waals surface area contributed by atoms with E-state index in [-0.39, 0.29) is 17.4 Å². The van der Waals surface area contributed by atoms with E-state index in [0.717, 1.165) is 36.1 Å². The molecule has 5 nitrogen and oxygen atoms in total. The summed E-state index contributed by atoms with van der Waals surface area (Å²) in [4.78, 5) is 32.2. The average Bonchev–Trinajstić information content (AvgIpc) is 2.80. The molecule has 33 heavy (non-hydrogen) atoms. The summed E-state index contributed by atoms with van der Waals surface area (Å²) >= 11 is 0. The molecule has 1 N–H and O–H groups in total. The van der Waals surface area contributed by atoms with Gasteiger partial charge in [0, 0.05) is 35.9 Å². The molecule has 0 radical (unpaired) electrons. The van der Waals surface area contributed by atoms with E-state index in [1.54, 1.807) is 12.1 Å². The van der Waals surface area contributed by atoms with Crippen molar-refractivity contribution in [2.24, 2.45) is 10.9 Å². The Morgan fingerprint density at radius 2 is 2.15 bits per heavy atom. The lowest BCUT2D eigenvalue weighted by atomic mass is 9.63. The molecule has 2 aliphatic carbocycles. The molecule has 0 saturated heterocycles. The van der Waals surface area contributed by atoms with E-state index in [0.29, 0.717) is 12.2 Å². The predicted octanol–water partition coefficient (Wildman–Crippen LogP) is 5.39. The van der Waals surface area contributed by atoms with Crippen LogP contribution in [0, 0.1) is 5.92 Å². The third-order valence-electron chi connectivity index (χ3n) is 6.31. The molecule has 0 spiro atoms. The Balaban J connectivity index is 1.64.